The average Bonchev–Trinajstić information content (AvgIpc) is 3.32. The van der Waals surface area contributed by atoms with Gasteiger partial charge in [0.2, 0.25) is 0 Å². The summed E-state index contributed by atoms with van der Waals surface area (Å²) >= 11 is 0. The van der Waals surface area contributed by atoms with Gasteiger partial charge in [0, 0.05) is 49.2 Å². The number of para-hydroxylation sites is 1. The van der Waals surface area contributed by atoms with E-state index in [-0.39, 0.29) is 29.4 Å². The first-order valence-corrected chi connectivity index (χ1v) is 9.85. The molecule has 2 N–H and O–H groups in total. The van der Waals surface area contributed by atoms with E-state index in [2.05, 4.69) is 53.4 Å². The number of hydrogen-bond acceptors (Lipinski definition) is 3. The molecular weight excluding hydrogens is 451 g/mol. The smallest absolute Gasteiger partial charge is 0.191 e. The van der Waals surface area contributed by atoms with Gasteiger partial charge in [0.1, 0.15) is 5.75 Å². The summed E-state index contributed by atoms with van der Waals surface area (Å²) in [4.78, 5) is 7.02. The van der Waals surface area contributed by atoms with Crippen LogP contribution >= 0.6 is 24.0 Å². The number of halogens is 1. The second-order valence-corrected chi connectivity index (χ2v) is 8.14. The van der Waals surface area contributed by atoms with E-state index in [0.29, 0.717) is 18.1 Å². The molecule has 1 saturated heterocycles. The number of guanidine groups is 1. The highest BCUT2D eigenvalue weighted by Crippen LogP contribution is 2.50. The summed E-state index contributed by atoms with van der Waals surface area (Å²) in [6.07, 6.45) is 3.44. The predicted octanol–water partition coefficient (Wildman–Crippen LogP) is 3.38. The van der Waals surface area contributed by atoms with Gasteiger partial charge in [0.15, 0.2) is 5.96 Å². The van der Waals surface area contributed by atoms with E-state index in [9.17, 15) is 0 Å². The van der Waals surface area contributed by atoms with Crippen LogP contribution in [0.1, 0.15) is 45.6 Å². The van der Waals surface area contributed by atoms with Crippen molar-refractivity contribution in [2.24, 2.45) is 4.99 Å². The lowest BCUT2D eigenvalue weighted by molar-refractivity contribution is 0.167. The maximum Gasteiger partial charge on any atom is 0.191 e. The molecule has 1 aromatic carbocycles. The van der Waals surface area contributed by atoms with Gasteiger partial charge in [-0.15, -0.1) is 24.0 Å². The molecule has 2 unspecified atom stereocenters. The molecular formula is C21H35IN4O. The van der Waals surface area contributed by atoms with E-state index >= 15 is 0 Å². The zero-order valence-electron chi connectivity index (χ0n) is 17.3. The number of ether oxygens (including phenoxy) is 1. The Morgan fingerprint density at radius 3 is 2.48 bits per heavy atom. The third kappa shape index (κ3) is 5.08. The summed E-state index contributed by atoms with van der Waals surface area (Å²) in [7, 11) is 3.61. The summed E-state index contributed by atoms with van der Waals surface area (Å²) in [6.45, 7) is 9.18. The van der Waals surface area contributed by atoms with Crippen LogP contribution in [0.25, 0.3) is 0 Å². The van der Waals surface area contributed by atoms with Crippen LogP contribution in [0, 0.1) is 0 Å². The Bertz CT molecular complexity index is 643. The lowest BCUT2D eigenvalue weighted by Crippen LogP contribution is -2.50. The number of nitrogens with zero attached hydrogens (tertiary/aromatic N) is 2. The molecule has 1 aliphatic heterocycles. The average molecular weight is 486 g/mol. The largest absolute Gasteiger partial charge is 0.496 e. The quantitative estimate of drug-likeness (QED) is 0.381. The molecule has 0 radical (unpaired) electrons. The molecule has 27 heavy (non-hydrogen) atoms. The molecule has 3 rings (SSSR count). The first kappa shape index (κ1) is 22.3. The number of likely N-dealkylation sites (tertiary alicyclic amines) is 1. The van der Waals surface area contributed by atoms with E-state index in [4.69, 9.17) is 4.74 Å². The first-order chi connectivity index (χ1) is 12.5. The Labute approximate surface area is 181 Å². The monoisotopic (exact) mass is 486 g/mol. The molecule has 2 fully saturated rings. The van der Waals surface area contributed by atoms with E-state index in [1.54, 1.807) is 7.11 Å². The lowest BCUT2D eigenvalue weighted by atomic mass is 9.96. The Kier molecular flexibility index (Phi) is 7.80. The van der Waals surface area contributed by atoms with Crippen molar-refractivity contribution in [3.05, 3.63) is 29.8 Å². The van der Waals surface area contributed by atoms with Gasteiger partial charge < -0.3 is 20.3 Å². The molecule has 2 aliphatic rings. The normalized spacial score (nSPS) is 26.4. The number of rotatable bonds is 5. The van der Waals surface area contributed by atoms with Gasteiger partial charge in [0.25, 0.3) is 0 Å². The van der Waals surface area contributed by atoms with Crippen LogP contribution in [0.3, 0.4) is 0 Å². The van der Waals surface area contributed by atoms with Crippen molar-refractivity contribution in [3.63, 3.8) is 0 Å². The van der Waals surface area contributed by atoms with E-state index < -0.39 is 0 Å². The molecule has 0 spiro atoms. The van der Waals surface area contributed by atoms with Crippen LogP contribution in [0.4, 0.5) is 0 Å². The van der Waals surface area contributed by atoms with Crippen LogP contribution in [0.15, 0.2) is 29.3 Å². The molecule has 0 bridgehead atoms. The summed E-state index contributed by atoms with van der Waals surface area (Å²) in [5, 5.41) is 7.27. The van der Waals surface area contributed by atoms with Crippen LogP contribution < -0.4 is 15.4 Å². The minimum atomic E-state index is 0. The van der Waals surface area contributed by atoms with E-state index in [0.717, 1.165) is 31.2 Å². The number of piperidine rings is 1. The standard InChI is InChI=1S/C21H34N4O.HI/c1-15(2)25-12-10-16(11-13-25)23-20(22-4)24-19-14-21(19,3)17-8-6-7-9-18(17)26-5;/h6-9,15-16,19H,10-14H2,1-5H3,(H2,22,23,24);1H. The van der Waals surface area contributed by atoms with Gasteiger partial charge in [-0.2, -0.15) is 0 Å². The van der Waals surface area contributed by atoms with Crippen molar-refractivity contribution in [1.82, 2.24) is 15.5 Å². The van der Waals surface area contributed by atoms with Crippen molar-refractivity contribution in [2.75, 3.05) is 27.2 Å². The Balaban J connectivity index is 0.00000261. The van der Waals surface area contributed by atoms with Crippen LogP contribution in [0.2, 0.25) is 0 Å². The summed E-state index contributed by atoms with van der Waals surface area (Å²) < 4.78 is 5.56. The molecule has 2 atom stereocenters. The Hall–Kier alpha value is -1.02. The zero-order valence-corrected chi connectivity index (χ0v) is 19.6. The molecule has 0 aromatic heterocycles. The highest BCUT2D eigenvalue weighted by Gasteiger charge is 2.53. The number of methoxy groups -OCH3 is 1. The van der Waals surface area contributed by atoms with Crippen LogP contribution in [-0.2, 0) is 5.41 Å². The maximum absolute atomic E-state index is 5.56. The van der Waals surface area contributed by atoms with Gasteiger partial charge in [-0.3, -0.25) is 4.99 Å². The third-order valence-electron chi connectivity index (χ3n) is 6.09. The number of nitrogens with one attached hydrogen (secondary N) is 2. The van der Waals surface area contributed by atoms with Crippen molar-refractivity contribution in [2.45, 2.75) is 63.6 Å². The fourth-order valence-electron chi connectivity index (χ4n) is 4.08. The van der Waals surface area contributed by atoms with Gasteiger partial charge in [0.05, 0.1) is 7.11 Å². The predicted molar refractivity (Wildman–Crippen MR) is 124 cm³/mol. The molecule has 152 valence electrons. The third-order valence-corrected chi connectivity index (χ3v) is 6.09. The number of hydrogen-bond donors (Lipinski definition) is 2. The second kappa shape index (κ2) is 9.45. The van der Waals surface area contributed by atoms with E-state index in [1.165, 1.54) is 18.4 Å². The SMILES string of the molecule is CN=C(NC1CCN(C(C)C)CC1)NC1CC1(C)c1ccccc1OC.I. The minimum absolute atomic E-state index is 0. The summed E-state index contributed by atoms with van der Waals surface area (Å²) in [5.74, 6) is 1.90. The maximum atomic E-state index is 5.56. The molecule has 6 heteroatoms. The van der Waals surface area contributed by atoms with Crippen molar-refractivity contribution < 1.29 is 4.74 Å². The second-order valence-electron chi connectivity index (χ2n) is 8.14. The van der Waals surface area contributed by atoms with E-state index in [1.807, 2.05) is 19.2 Å². The van der Waals surface area contributed by atoms with Crippen molar-refractivity contribution in [3.8, 4) is 5.75 Å². The topological polar surface area (TPSA) is 48.9 Å². The summed E-state index contributed by atoms with van der Waals surface area (Å²) in [5.41, 5.74) is 1.38. The fraction of sp³-hybridized carbons (Fsp3) is 0.667. The highest BCUT2D eigenvalue weighted by atomic mass is 127. The van der Waals surface area contributed by atoms with Gasteiger partial charge >= 0.3 is 0 Å². The molecule has 5 nitrogen and oxygen atoms in total. The molecule has 1 aromatic rings. The zero-order chi connectivity index (χ0) is 18.7. The number of benzene rings is 1. The Morgan fingerprint density at radius 2 is 1.89 bits per heavy atom. The highest BCUT2D eigenvalue weighted by molar-refractivity contribution is 14.0. The minimum Gasteiger partial charge on any atom is -0.496 e. The Morgan fingerprint density at radius 1 is 1.22 bits per heavy atom. The first-order valence-electron chi connectivity index (χ1n) is 9.85. The van der Waals surface area contributed by atoms with Crippen molar-refractivity contribution >= 4 is 29.9 Å². The van der Waals surface area contributed by atoms with Crippen molar-refractivity contribution in [1.29, 1.82) is 0 Å². The molecule has 1 heterocycles. The molecule has 1 aliphatic carbocycles. The lowest BCUT2D eigenvalue weighted by Gasteiger charge is -2.35. The molecule has 0 amide bonds. The molecule has 1 saturated carbocycles. The van der Waals surface area contributed by atoms with Gasteiger partial charge in [-0.05, 0) is 39.2 Å². The van der Waals surface area contributed by atoms with Crippen LogP contribution in [-0.4, -0.2) is 56.2 Å². The summed E-state index contributed by atoms with van der Waals surface area (Å²) in [6, 6.07) is 9.88. The van der Waals surface area contributed by atoms with Crippen LogP contribution in [0.5, 0.6) is 5.75 Å². The van der Waals surface area contributed by atoms with Gasteiger partial charge in [-0.1, -0.05) is 25.1 Å². The fourth-order valence-corrected chi connectivity index (χ4v) is 4.08. The number of aliphatic imine (C=N–C) groups is 1. The van der Waals surface area contributed by atoms with Gasteiger partial charge in [-0.25, -0.2) is 0 Å².